The highest BCUT2D eigenvalue weighted by Crippen LogP contribution is 2.19. The standard InChI is InChI=1S/C29H27N3O4/c1-20(30-27(33)18-24-10-7-9-22-8-5-6-13-26(22)24)28(34)31-32-29(35)23-16-14-21(15-17-23)19-36-25-11-3-2-4-12-25/h2-17,20H,18-19H2,1H3,(H,30,33)(H,31,34)(H,32,35)/t20-/m1/s1. The third-order valence-electron chi connectivity index (χ3n) is 5.67. The number of amides is 3. The van der Waals surface area contributed by atoms with E-state index >= 15 is 0 Å². The zero-order valence-corrected chi connectivity index (χ0v) is 19.9. The fourth-order valence-corrected chi connectivity index (χ4v) is 3.71. The van der Waals surface area contributed by atoms with Gasteiger partial charge in [-0.15, -0.1) is 0 Å². The molecule has 0 aromatic heterocycles. The number of benzene rings is 4. The summed E-state index contributed by atoms with van der Waals surface area (Å²) in [6, 6.07) is 29.1. The van der Waals surface area contributed by atoms with E-state index in [0.717, 1.165) is 27.6 Å². The van der Waals surface area contributed by atoms with Crippen molar-refractivity contribution in [3.05, 3.63) is 114 Å². The second kappa shape index (κ2) is 11.7. The minimum absolute atomic E-state index is 0.145. The Morgan fingerprint density at radius 2 is 1.47 bits per heavy atom. The van der Waals surface area contributed by atoms with Crippen LogP contribution in [0.15, 0.2) is 97.1 Å². The van der Waals surface area contributed by atoms with Crippen LogP contribution in [-0.2, 0) is 22.6 Å². The molecule has 4 aromatic rings. The van der Waals surface area contributed by atoms with Crippen molar-refractivity contribution >= 4 is 28.5 Å². The van der Waals surface area contributed by atoms with Gasteiger partial charge in [-0.05, 0) is 53.1 Å². The predicted octanol–water partition coefficient (Wildman–Crippen LogP) is 3.93. The van der Waals surface area contributed by atoms with Gasteiger partial charge in [0.1, 0.15) is 18.4 Å². The van der Waals surface area contributed by atoms with Crippen molar-refractivity contribution in [2.45, 2.75) is 26.0 Å². The average Bonchev–Trinajstić information content (AvgIpc) is 2.91. The first-order chi connectivity index (χ1) is 17.5. The van der Waals surface area contributed by atoms with Gasteiger partial charge >= 0.3 is 0 Å². The Bertz CT molecular complexity index is 1350. The Hall–Kier alpha value is -4.65. The summed E-state index contributed by atoms with van der Waals surface area (Å²) >= 11 is 0. The normalized spacial score (nSPS) is 11.4. The van der Waals surface area contributed by atoms with Gasteiger partial charge in [0.25, 0.3) is 11.8 Å². The summed E-state index contributed by atoms with van der Waals surface area (Å²) in [5.74, 6) is -0.510. The molecular weight excluding hydrogens is 454 g/mol. The highest BCUT2D eigenvalue weighted by molar-refractivity contribution is 5.96. The van der Waals surface area contributed by atoms with Crippen LogP contribution >= 0.6 is 0 Å². The zero-order chi connectivity index (χ0) is 25.3. The molecule has 0 unspecified atom stereocenters. The molecule has 3 amide bonds. The van der Waals surface area contributed by atoms with E-state index < -0.39 is 17.9 Å². The van der Waals surface area contributed by atoms with Crippen molar-refractivity contribution in [3.8, 4) is 5.75 Å². The number of hydrazine groups is 1. The molecule has 0 radical (unpaired) electrons. The summed E-state index contributed by atoms with van der Waals surface area (Å²) < 4.78 is 5.70. The molecule has 1 atom stereocenters. The van der Waals surface area contributed by atoms with Crippen molar-refractivity contribution in [3.63, 3.8) is 0 Å². The van der Waals surface area contributed by atoms with E-state index in [1.54, 1.807) is 31.2 Å². The predicted molar refractivity (Wildman–Crippen MR) is 138 cm³/mol. The fourth-order valence-electron chi connectivity index (χ4n) is 3.71. The third kappa shape index (κ3) is 6.48. The van der Waals surface area contributed by atoms with Gasteiger partial charge in [0, 0.05) is 5.56 Å². The van der Waals surface area contributed by atoms with Crippen LogP contribution in [0.2, 0.25) is 0 Å². The molecule has 0 heterocycles. The molecule has 0 aliphatic heterocycles. The number of para-hydroxylation sites is 1. The van der Waals surface area contributed by atoms with Crippen LogP contribution in [0.5, 0.6) is 5.75 Å². The largest absolute Gasteiger partial charge is 0.489 e. The molecule has 4 rings (SSSR count). The highest BCUT2D eigenvalue weighted by Gasteiger charge is 2.17. The highest BCUT2D eigenvalue weighted by atomic mass is 16.5. The molecule has 4 aromatic carbocycles. The first kappa shape index (κ1) is 24.5. The number of rotatable bonds is 8. The fraction of sp³-hybridized carbons (Fsp3) is 0.138. The minimum atomic E-state index is -0.828. The maximum absolute atomic E-state index is 12.5. The lowest BCUT2D eigenvalue weighted by Crippen LogP contribution is -2.51. The molecule has 0 saturated heterocycles. The number of hydrogen-bond acceptors (Lipinski definition) is 4. The SMILES string of the molecule is C[C@@H](NC(=O)Cc1cccc2ccccc12)C(=O)NNC(=O)c1ccc(COc2ccccc2)cc1. The molecule has 0 fully saturated rings. The molecule has 0 saturated carbocycles. The summed E-state index contributed by atoms with van der Waals surface area (Å²) in [4.78, 5) is 37.3. The van der Waals surface area contributed by atoms with Gasteiger partial charge in [-0.3, -0.25) is 25.2 Å². The molecular formula is C29H27N3O4. The van der Waals surface area contributed by atoms with Crippen LogP contribution in [0.4, 0.5) is 0 Å². The number of carbonyl (C=O) groups is 3. The zero-order valence-electron chi connectivity index (χ0n) is 19.9. The smallest absolute Gasteiger partial charge is 0.269 e. The molecule has 0 bridgehead atoms. The Kier molecular flexibility index (Phi) is 7.93. The molecule has 7 nitrogen and oxygen atoms in total. The van der Waals surface area contributed by atoms with Crippen molar-refractivity contribution in [1.82, 2.24) is 16.2 Å². The van der Waals surface area contributed by atoms with E-state index in [-0.39, 0.29) is 12.3 Å². The summed E-state index contributed by atoms with van der Waals surface area (Å²) in [6.45, 7) is 1.93. The molecule has 3 N–H and O–H groups in total. The topological polar surface area (TPSA) is 96.5 Å². The molecule has 182 valence electrons. The van der Waals surface area contributed by atoms with E-state index in [1.165, 1.54) is 0 Å². The Balaban J connectivity index is 1.23. The number of nitrogens with one attached hydrogen (secondary N) is 3. The lowest BCUT2D eigenvalue weighted by atomic mass is 10.0. The van der Waals surface area contributed by atoms with E-state index in [0.29, 0.717) is 12.2 Å². The number of fused-ring (bicyclic) bond motifs is 1. The van der Waals surface area contributed by atoms with Crippen LogP contribution in [-0.4, -0.2) is 23.8 Å². The number of hydrogen-bond donors (Lipinski definition) is 3. The molecule has 36 heavy (non-hydrogen) atoms. The molecule has 0 aliphatic carbocycles. The van der Waals surface area contributed by atoms with Gasteiger partial charge < -0.3 is 10.1 Å². The minimum Gasteiger partial charge on any atom is -0.489 e. The van der Waals surface area contributed by atoms with E-state index in [2.05, 4.69) is 16.2 Å². The van der Waals surface area contributed by atoms with Gasteiger partial charge in [-0.2, -0.15) is 0 Å². The van der Waals surface area contributed by atoms with E-state index in [9.17, 15) is 14.4 Å². The van der Waals surface area contributed by atoms with Gasteiger partial charge in [0.05, 0.1) is 6.42 Å². The molecule has 0 spiro atoms. The Morgan fingerprint density at radius 1 is 0.778 bits per heavy atom. The summed E-state index contributed by atoms with van der Waals surface area (Å²) in [6.07, 6.45) is 0.145. The van der Waals surface area contributed by atoms with Gasteiger partial charge in [-0.25, -0.2) is 0 Å². The van der Waals surface area contributed by atoms with E-state index in [1.807, 2.05) is 72.8 Å². The van der Waals surface area contributed by atoms with Crippen molar-refractivity contribution in [2.75, 3.05) is 0 Å². The van der Waals surface area contributed by atoms with Gasteiger partial charge in [0.2, 0.25) is 5.91 Å². The lowest BCUT2D eigenvalue weighted by Gasteiger charge is -2.15. The van der Waals surface area contributed by atoms with Crippen LogP contribution in [0.3, 0.4) is 0 Å². The maximum atomic E-state index is 12.5. The number of ether oxygens (including phenoxy) is 1. The van der Waals surface area contributed by atoms with Crippen molar-refractivity contribution in [2.24, 2.45) is 0 Å². The second-order valence-corrected chi connectivity index (χ2v) is 8.35. The van der Waals surface area contributed by atoms with Crippen LogP contribution in [0.25, 0.3) is 10.8 Å². The molecule has 0 aliphatic rings. The number of carbonyl (C=O) groups excluding carboxylic acids is 3. The molecule has 7 heteroatoms. The summed E-state index contributed by atoms with van der Waals surface area (Å²) in [7, 11) is 0. The van der Waals surface area contributed by atoms with Gasteiger partial charge in [0.15, 0.2) is 0 Å². The Labute approximate surface area is 209 Å². The summed E-state index contributed by atoms with van der Waals surface area (Å²) in [5.41, 5.74) is 6.91. The van der Waals surface area contributed by atoms with Crippen LogP contribution in [0.1, 0.15) is 28.4 Å². The second-order valence-electron chi connectivity index (χ2n) is 8.35. The Morgan fingerprint density at radius 3 is 2.25 bits per heavy atom. The average molecular weight is 482 g/mol. The van der Waals surface area contributed by atoms with Gasteiger partial charge in [-0.1, -0.05) is 72.8 Å². The van der Waals surface area contributed by atoms with Crippen molar-refractivity contribution in [1.29, 1.82) is 0 Å². The quantitative estimate of drug-likeness (QED) is 0.332. The van der Waals surface area contributed by atoms with Crippen LogP contribution in [0, 0.1) is 0 Å². The van der Waals surface area contributed by atoms with Crippen LogP contribution < -0.4 is 20.9 Å². The van der Waals surface area contributed by atoms with E-state index in [4.69, 9.17) is 4.74 Å². The lowest BCUT2D eigenvalue weighted by molar-refractivity contribution is -0.128. The maximum Gasteiger partial charge on any atom is 0.269 e. The summed E-state index contributed by atoms with van der Waals surface area (Å²) in [5, 5.41) is 4.72. The monoisotopic (exact) mass is 481 g/mol. The third-order valence-corrected chi connectivity index (χ3v) is 5.67. The van der Waals surface area contributed by atoms with Crippen molar-refractivity contribution < 1.29 is 19.1 Å². The first-order valence-electron chi connectivity index (χ1n) is 11.6. The first-order valence-corrected chi connectivity index (χ1v) is 11.6.